The van der Waals surface area contributed by atoms with Crippen LogP contribution in [0.15, 0.2) is 113 Å². The Morgan fingerprint density at radius 1 is 0.889 bits per heavy atom. The van der Waals surface area contributed by atoms with Crippen molar-refractivity contribution in [3.63, 3.8) is 0 Å². The van der Waals surface area contributed by atoms with Gasteiger partial charge in [0.2, 0.25) is 0 Å². The van der Waals surface area contributed by atoms with Gasteiger partial charge in [-0.3, -0.25) is 4.72 Å². The third-order valence-electron chi connectivity index (χ3n) is 5.61. The molecule has 5 aromatic rings. The topological polar surface area (TPSA) is 118 Å². The van der Waals surface area contributed by atoms with E-state index in [0.29, 0.717) is 39.1 Å². The van der Waals surface area contributed by atoms with Gasteiger partial charge in [-0.25, -0.2) is 13.4 Å². The van der Waals surface area contributed by atoms with E-state index in [2.05, 4.69) is 15.8 Å². The lowest BCUT2D eigenvalue weighted by atomic mass is 10.0. The van der Waals surface area contributed by atoms with Gasteiger partial charge in [0, 0.05) is 22.2 Å². The third-order valence-corrected chi connectivity index (χ3v) is 6.99. The quantitative estimate of drug-likeness (QED) is 0.263. The predicted octanol–water partition coefficient (Wildman–Crippen LogP) is 5.72. The maximum absolute atomic E-state index is 13.1. The number of nitrogens with one attached hydrogen (secondary N) is 2. The smallest absolute Gasteiger partial charge is 0.261 e. The van der Waals surface area contributed by atoms with Crippen molar-refractivity contribution in [2.24, 2.45) is 4.99 Å². The number of anilines is 1. The highest BCUT2D eigenvalue weighted by Gasteiger charge is 2.22. The zero-order valence-corrected chi connectivity index (χ0v) is 19.7. The molecule has 0 saturated heterocycles. The minimum absolute atomic E-state index is 0.0462. The lowest BCUT2D eigenvalue weighted by molar-refractivity contribution is 0.457. The number of sulfonamides is 1. The maximum atomic E-state index is 13.1. The molecule has 0 spiro atoms. The van der Waals surface area contributed by atoms with Crippen LogP contribution >= 0.6 is 0 Å². The van der Waals surface area contributed by atoms with Gasteiger partial charge < -0.3 is 10.1 Å². The minimum atomic E-state index is -3.89. The Morgan fingerprint density at radius 3 is 2.22 bits per heavy atom. The van der Waals surface area contributed by atoms with Crippen LogP contribution in [0.25, 0.3) is 10.9 Å². The molecule has 0 fully saturated rings. The molecule has 0 unspecified atom stereocenters. The predicted molar refractivity (Wildman–Crippen MR) is 140 cm³/mol. The molecule has 3 N–H and O–H groups in total. The van der Waals surface area contributed by atoms with Crippen LogP contribution in [0.1, 0.15) is 16.7 Å². The van der Waals surface area contributed by atoms with Crippen molar-refractivity contribution in [3.8, 4) is 11.9 Å². The first-order chi connectivity index (χ1) is 17.4. The lowest BCUT2D eigenvalue weighted by Gasteiger charge is -2.10. The first kappa shape index (κ1) is 22.9. The van der Waals surface area contributed by atoms with Gasteiger partial charge in [0.05, 0.1) is 33.5 Å². The molecule has 7 nitrogen and oxygen atoms in total. The maximum Gasteiger partial charge on any atom is 0.261 e. The summed E-state index contributed by atoms with van der Waals surface area (Å²) in [7, 11) is -3.89. The Morgan fingerprint density at radius 2 is 1.56 bits per heavy atom. The van der Waals surface area contributed by atoms with E-state index in [1.165, 1.54) is 12.1 Å². The molecule has 0 aliphatic rings. The number of rotatable bonds is 6. The molecule has 0 aliphatic heterocycles. The van der Waals surface area contributed by atoms with E-state index in [9.17, 15) is 13.5 Å². The summed E-state index contributed by atoms with van der Waals surface area (Å²) < 4.78 is 28.8. The van der Waals surface area contributed by atoms with Crippen molar-refractivity contribution in [3.05, 3.63) is 120 Å². The van der Waals surface area contributed by atoms with Crippen molar-refractivity contribution in [1.82, 2.24) is 4.98 Å². The molecule has 0 atom stereocenters. The van der Waals surface area contributed by atoms with Gasteiger partial charge in [0.1, 0.15) is 0 Å². The molecule has 0 aliphatic carbocycles. The van der Waals surface area contributed by atoms with Gasteiger partial charge >= 0.3 is 0 Å². The molecule has 1 aromatic heterocycles. The summed E-state index contributed by atoms with van der Waals surface area (Å²) >= 11 is 0. The standard InChI is InChI=1S/C28H20N4O3S/c29-18-19-11-13-21(14-12-19)30-27(20-7-3-1-4-8-20)26-24-17-23(15-16-25(24)31-28(26)33)36(34,35)32-22-9-5-2-6-10-22/h1-17,31-33H. The fourth-order valence-electron chi connectivity index (χ4n) is 3.88. The van der Waals surface area contributed by atoms with E-state index in [1.54, 1.807) is 60.7 Å². The molecule has 5 rings (SSSR count). The monoisotopic (exact) mass is 492 g/mol. The zero-order valence-electron chi connectivity index (χ0n) is 18.9. The van der Waals surface area contributed by atoms with E-state index in [0.717, 1.165) is 5.56 Å². The van der Waals surface area contributed by atoms with Crippen molar-refractivity contribution in [2.75, 3.05) is 4.72 Å². The Bertz CT molecular complexity index is 1720. The summed E-state index contributed by atoms with van der Waals surface area (Å²) in [4.78, 5) is 7.75. The van der Waals surface area contributed by atoms with Gasteiger partial charge in [-0.2, -0.15) is 5.26 Å². The number of fused-ring (bicyclic) bond motifs is 1. The van der Waals surface area contributed by atoms with Crippen LogP contribution in [0.3, 0.4) is 0 Å². The third kappa shape index (κ3) is 4.56. The van der Waals surface area contributed by atoms with Crippen LogP contribution < -0.4 is 4.72 Å². The van der Waals surface area contributed by atoms with E-state index in [-0.39, 0.29) is 10.8 Å². The number of H-pyrrole nitrogens is 1. The molecule has 36 heavy (non-hydrogen) atoms. The van der Waals surface area contributed by atoms with Crippen LogP contribution in [-0.4, -0.2) is 24.2 Å². The molecule has 1 heterocycles. The lowest BCUT2D eigenvalue weighted by Crippen LogP contribution is -2.12. The van der Waals surface area contributed by atoms with E-state index in [4.69, 9.17) is 10.3 Å². The van der Waals surface area contributed by atoms with E-state index >= 15 is 0 Å². The van der Waals surface area contributed by atoms with Crippen LogP contribution in [0, 0.1) is 11.3 Å². The first-order valence-electron chi connectivity index (χ1n) is 11.0. The van der Waals surface area contributed by atoms with Gasteiger partial charge in [-0.05, 0) is 54.6 Å². The number of aromatic nitrogens is 1. The van der Waals surface area contributed by atoms with Crippen LogP contribution in [0.5, 0.6) is 5.88 Å². The summed E-state index contributed by atoms with van der Waals surface area (Å²) in [5.41, 5.74) is 3.65. The Hall–Kier alpha value is -4.87. The highest BCUT2D eigenvalue weighted by atomic mass is 32.2. The summed E-state index contributed by atoms with van der Waals surface area (Å²) in [5, 5.41) is 20.5. The van der Waals surface area contributed by atoms with Gasteiger partial charge in [0.15, 0.2) is 5.88 Å². The van der Waals surface area contributed by atoms with Crippen LogP contribution in [0.4, 0.5) is 11.4 Å². The average molecular weight is 493 g/mol. The second kappa shape index (κ2) is 9.41. The molecule has 4 aromatic carbocycles. The summed E-state index contributed by atoms with van der Waals surface area (Å²) in [6.45, 7) is 0. The van der Waals surface area contributed by atoms with Gasteiger partial charge in [0.25, 0.3) is 10.0 Å². The number of nitriles is 1. The Balaban J connectivity index is 1.67. The number of para-hydroxylation sites is 1. The van der Waals surface area contributed by atoms with E-state index in [1.807, 2.05) is 30.3 Å². The summed E-state index contributed by atoms with van der Waals surface area (Å²) in [5.74, 6) is -0.133. The fraction of sp³-hybridized carbons (Fsp3) is 0. The molecule has 176 valence electrons. The molecule has 0 amide bonds. The molecular weight excluding hydrogens is 472 g/mol. The molecule has 8 heteroatoms. The summed E-state index contributed by atoms with van der Waals surface area (Å²) in [6.07, 6.45) is 0. The minimum Gasteiger partial charge on any atom is -0.494 e. The number of aromatic hydroxyl groups is 1. The van der Waals surface area contributed by atoms with Gasteiger partial charge in [-0.15, -0.1) is 0 Å². The van der Waals surface area contributed by atoms with Crippen molar-refractivity contribution >= 4 is 38.0 Å². The number of aliphatic imine (C=N–C) groups is 1. The second-order valence-corrected chi connectivity index (χ2v) is 9.70. The summed E-state index contributed by atoms with van der Waals surface area (Å²) in [6, 6.07) is 31.4. The Kier molecular flexibility index (Phi) is 5.98. The van der Waals surface area contributed by atoms with Crippen molar-refractivity contribution in [2.45, 2.75) is 4.90 Å². The number of nitrogens with zero attached hydrogens (tertiary/aromatic N) is 2. The highest BCUT2D eigenvalue weighted by molar-refractivity contribution is 7.92. The SMILES string of the molecule is N#Cc1ccc(N=C(c2ccccc2)c2c(O)[nH]c3ccc(S(=O)(=O)Nc4ccccc4)cc23)cc1. The average Bonchev–Trinajstić information content (AvgIpc) is 3.23. The molecule has 0 bridgehead atoms. The fourth-order valence-corrected chi connectivity index (χ4v) is 4.97. The number of hydrogen-bond donors (Lipinski definition) is 3. The normalized spacial score (nSPS) is 11.8. The second-order valence-electron chi connectivity index (χ2n) is 8.01. The number of hydrogen-bond acceptors (Lipinski definition) is 5. The van der Waals surface area contributed by atoms with Gasteiger partial charge in [-0.1, -0.05) is 48.5 Å². The zero-order chi connectivity index (χ0) is 25.1. The van der Waals surface area contributed by atoms with Crippen LogP contribution in [0.2, 0.25) is 0 Å². The van der Waals surface area contributed by atoms with E-state index < -0.39 is 10.0 Å². The largest absolute Gasteiger partial charge is 0.494 e. The molecular formula is C28H20N4O3S. The first-order valence-corrected chi connectivity index (χ1v) is 12.5. The highest BCUT2D eigenvalue weighted by Crippen LogP contribution is 2.33. The van der Waals surface area contributed by atoms with Crippen LogP contribution in [-0.2, 0) is 10.0 Å². The van der Waals surface area contributed by atoms with Crippen molar-refractivity contribution in [1.29, 1.82) is 5.26 Å². The molecule has 0 saturated carbocycles. The Labute approximate surface area is 208 Å². The molecule has 0 radical (unpaired) electrons. The van der Waals surface area contributed by atoms with Crippen molar-refractivity contribution < 1.29 is 13.5 Å². The number of aromatic amines is 1. The number of benzene rings is 4.